The van der Waals surface area contributed by atoms with Crippen LogP contribution >= 0.6 is 0 Å². The summed E-state index contributed by atoms with van der Waals surface area (Å²) in [5, 5.41) is 0. The molecule has 0 aromatic carbocycles. The molecule has 13 heavy (non-hydrogen) atoms. The molecular weight excluding hydrogens is 166 g/mol. The van der Waals surface area contributed by atoms with Crippen LogP contribution in [-0.2, 0) is 6.54 Å². The molecule has 0 atom stereocenters. The summed E-state index contributed by atoms with van der Waals surface area (Å²) in [6, 6.07) is 0. The molecule has 0 unspecified atom stereocenters. The molecule has 0 saturated carbocycles. The van der Waals surface area contributed by atoms with Gasteiger partial charge in [0.15, 0.2) is 5.82 Å². The highest BCUT2D eigenvalue weighted by molar-refractivity contribution is 5.46. The Morgan fingerprint density at radius 1 is 1.23 bits per heavy atom. The maximum Gasteiger partial charge on any atom is 0.177 e. The largest absolute Gasteiger partial charge is 0.342 e. The number of imidazole rings is 1. The molecule has 0 aliphatic heterocycles. The molecule has 0 fully saturated rings. The van der Waals surface area contributed by atoms with Crippen LogP contribution in [0.5, 0.6) is 0 Å². The van der Waals surface area contributed by atoms with Crippen LogP contribution in [0.25, 0.3) is 11.5 Å². The van der Waals surface area contributed by atoms with Crippen molar-refractivity contribution in [3.63, 3.8) is 0 Å². The van der Waals surface area contributed by atoms with Crippen molar-refractivity contribution in [3.05, 3.63) is 30.5 Å². The first-order valence-corrected chi connectivity index (χ1v) is 3.90. The lowest BCUT2D eigenvalue weighted by molar-refractivity contribution is 1.01. The minimum atomic E-state index is 0.462. The third-order valence-electron chi connectivity index (χ3n) is 1.68. The van der Waals surface area contributed by atoms with Gasteiger partial charge in [-0.25, -0.2) is 15.0 Å². The highest BCUT2D eigenvalue weighted by atomic mass is 14.9. The lowest BCUT2D eigenvalue weighted by atomic mass is 10.3. The lowest BCUT2D eigenvalue weighted by Crippen LogP contribution is -1.98. The summed E-state index contributed by atoms with van der Waals surface area (Å²) in [6.07, 6.45) is 6.69. The molecule has 0 radical (unpaired) electrons. The minimum Gasteiger partial charge on any atom is -0.342 e. The van der Waals surface area contributed by atoms with Crippen LogP contribution in [0.2, 0.25) is 0 Å². The van der Waals surface area contributed by atoms with E-state index in [-0.39, 0.29) is 0 Å². The average Bonchev–Trinajstić information content (AvgIpc) is 2.71. The quantitative estimate of drug-likeness (QED) is 0.689. The third kappa shape index (κ3) is 1.54. The van der Waals surface area contributed by atoms with E-state index in [1.807, 2.05) is 0 Å². The molecule has 0 spiro atoms. The second-order valence-corrected chi connectivity index (χ2v) is 2.58. The van der Waals surface area contributed by atoms with Crippen LogP contribution < -0.4 is 5.73 Å². The Labute approximate surface area is 75.1 Å². The molecule has 2 rings (SSSR count). The van der Waals surface area contributed by atoms with Crippen molar-refractivity contribution in [3.8, 4) is 11.5 Å². The molecule has 0 saturated heterocycles. The first-order valence-electron chi connectivity index (χ1n) is 3.90. The van der Waals surface area contributed by atoms with Gasteiger partial charge in [0.2, 0.25) is 0 Å². The predicted molar refractivity (Wildman–Crippen MR) is 47.5 cm³/mol. The summed E-state index contributed by atoms with van der Waals surface area (Å²) in [5.41, 5.74) is 7.15. The highest BCUT2D eigenvalue weighted by Gasteiger charge is 2.00. The summed E-state index contributed by atoms with van der Waals surface area (Å²) in [6.45, 7) is 0.462. The van der Waals surface area contributed by atoms with Crippen LogP contribution in [0.1, 0.15) is 5.56 Å². The van der Waals surface area contributed by atoms with Gasteiger partial charge in [-0.3, -0.25) is 0 Å². The monoisotopic (exact) mass is 175 g/mol. The number of rotatable bonds is 2. The highest BCUT2D eigenvalue weighted by Crippen LogP contribution is 2.08. The van der Waals surface area contributed by atoms with Gasteiger partial charge in [0.1, 0.15) is 5.69 Å². The fourth-order valence-electron chi connectivity index (χ4n) is 0.977. The van der Waals surface area contributed by atoms with Crippen LogP contribution in [0.15, 0.2) is 24.9 Å². The smallest absolute Gasteiger partial charge is 0.177 e. The Hall–Kier alpha value is -1.75. The standard InChI is InChI=1S/C8H9N5/c9-1-6-2-11-8(12-3-6)7-4-10-5-13-7/h2-5H,1,9H2,(H,10,13). The van der Waals surface area contributed by atoms with E-state index in [2.05, 4.69) is 19.9 Å². The summed E-state index contributed by atoms with van der Waals surface area (Å²) in [5.74, 6) is 0.634. The van der Waals surface area contributed by atoms with Crippen molar-refractivity contribution in [2.45, 2.75) is 6.54 Å². The van der Waals surface area contributed by atoms with E-state index in [4.69, 9.17) is 5.73 Å². The van der Waals surface area contributed by atoms with E-state index < -0.39 is 0 Å². The van der Waals surface area contributed by atoms with Gasteiger partial charge in [0.05, 0.1) is 12.5 Å². The Balaban J connectivity index is 2.33. The van der Waals surface area contributed by atoms with E-state index in [0.29, 0.717) is 12.4 Å². The Bertz CT molecular complexity index is 364. The number of H-pyrrole nitrogens is 1. The summed E-state index contributed by atoms with van der Waals surface area (Å²) in [7, 11) is 0. The van der Waals surface area contributed by atoms with Crippen LogP contribution in [0.4, 0.5) is 0 Å². The fraction of sp³-hybridized carbons (Fsp3) is 0.125. The van der Waals surface area contributed by atoms with Crippen LogP contribution in [0.3, 0.4) is 0 Å². The molecule has 0 aliphatic rings. The first kappa shape index (κ1) is 7.88. The maximum absolute atomic E-state index is 5.42. The van der Waals surface area contributed by atoms with E-state index in [9.17, 15) is 0 Å². The average molecular weight is 175 g/mol. The molecule has 66 valence electrons. The Morgan fingerprint density at radius 3 is 2.54 bits per heavy atom. The van der Waals surface area contributed by atoms with Gasteiger partial charge in [-0.1, -0.05) is 0 Å². The number of aromatic nitrogens is 4. The number of hydrogen-bond acceptors (Lipinski definition) is 4. The van der Waals surface area contributed by atoms with Gasteiger partial charge in [-0.2, -0.15) is 0 Å². The molecule has 2 aromatic heterocycles. The van der Waals surface area contributed by atoms with Crippen molar-refractivity contribution in [1.29, 1.82) is 0 Å². The van der Waals surface area contributed by atoms with Gasteiger partial charge in [-0.15, -0.1) is 0 Å². The van der Waals surface area contributed by atoms with E-state index in [1.54, 1.807) is 24.9 Å². The van der Waals surface area contributed by atoms with Crippen molar-refractivity contribution >= 4 is 0 Å². The van der Waals surface area contributed by atoms with Crippen molar-refractivity contribution in [2.24, 2.45) is 5.73 Å². The van der Waals surface area contributed by atoms with Crippen LogP contribution in [-0.4, -0.2) is 19.9 Å². The Kier molecular flexibility index (Phi) is 2.01. The number of aromatic amines is 1. The molecule has 0 bridgehead atoms. The van der Waals surface area contributed by atoms with Crippen LogP contribution in [0, 0.1) is 0 Å². The van der Waals surface area contributed by atoms with Gasteiger partial charge < -0.3 is 10.7 Å². The molecular formula is C8H9N5. The van der Waals surface area contributed by atoms with Gasteiger partial charge in [0.25, 0.3) is 0 Å². The predicted octanol–water partition coefficient (Wildman–Crippen LogP) is 0.325. The maximum atomic E-state index is 5.42. The third-order valence-corrected chi connectivity index (χ3v) is 1.68. The molecule has 5 heteroatoms. The molecule has 5 nitrogen and oxygen atoms in total. The topological polar surface area (TPSA) is 80.5 Å². The Morgan fingerprint density at radius 2 is 2.00 bits per heavy atom. The van der Waals surface area contributed by atoms with E-state index in [1.165, 1.54) is 0 Å². The zero-order valence-electron chi connectivity index (χ0n) is 6.94. The second-order valence-electron chi connectivity index (χ2n) is 2.58. The minimum absolute atomic E-state index is 0.462. The van der Waals surface area contributed by atoms with Gasteiger partial charge >= 0.3 is 0 Å². The summed E-state index contributed by atoms with van der Waals surface area (Å²) < 4.78 is 0. The normalized spacial score (nSPS) is 10.2. The van der Waals surface area contributed by atoms with Crippen molar-refractivity contribution < 1.29 is 0 Å². The molecule has 0 amide bonds. The molecule has 2 heterocycles. The van der Waals surface area contributed by atoms with E-state index in [0.717, 1.165) is 11.3 Å². The molecule has 2 aromatic rings. The second kappa shape index (κ2) is 3.32. The summed E-state index contributed by atoms with van der Waals surface area (Å²) >= 11 is 0. The number of nitrogens with zero attached hydrogens (tertiary/aromatic N) is 3. The van der Waals surface area contributed by atoms with Crippen molar-refractivity contribution in [1.82, 2.24) is 19.9 Å². The molecule has 3 N–H and O–H groups in total. The van der Waals surface area contributed by atoms with Gasteiger partial charge in [0, 0.05) is 24.5 Å². The lowest BCUT2D eigenvalue weighted by Gasteiger charge is -1.96. The molecule has 0 aliphatic carbocycles. The SMILES string of the molecule is NCc1cnc(-c2cnc[nH]2)nc1. The first-order chi connectivity index (χ1) is 6.40. The van der Waals surface area contributed by atoms with Gasteiger partial charge in [-0.05, 0) is 0 Å². The van der Waals surface area contributed by atoms with E-state index >= 15 is 0 Å². The number of hydrogen-bond donors (Lipinski definition) is 2. The van der Waals surface area contributed by atoms with Crippen molar-refractivity contribution in [2.75, 3.05) is 0 Å². The number of nitrogens with one attached hydrogen (secondary N) is 1. The fourth-order valence-corrected chi connectivity index (χ4v) is 0.977. The zero-order chi connectivity index (χ0) is 9.10. The number of nitrogens with two attached hydrogens (primary N) is 1. The summed E-state index contributed by atoms with van der Waals surface area (Å²) in [4.78, 5) is 15.1. The zero-order valence-corrected chi connectivity index (χ0v) is 6.94.